The summed E-state index contributed by atoms with van der Waals surface area (Å²) in [7, 11) is 0. The van der Waals surface area contributed by atoms with Crippen LogP contribution in [0.2, 0.25) is 0 Å². The topological polar surface area (TPSA) is 34.1 Å². The third kappa shape index (κ3) is 0.872. The van der Waals surface area contributed by atoms with Gasteiger partial charge < -0.3 is 0 Å². The quantitative estimate of drug-likeness (QED) is 0.510. The van der Waals surface area contributed by atoms with Crippen molar-refractivity contribution >= 4 is 11.6 Å². The molecule has 0 aromatic carbocycles. The smallest absolute Gasteiger partial charge is 0.169 e. The summed E-state index contributed by atoms with van der Waals surface area (Å²) < 4.78 is 0. The fourth-order valence-electron chi connectivity index (χ4n) is 2.09. The monoisotopic (exact) mass is 164 g/mol. The third-order valence-electron chi connectivity index (χ3n) is 2.85. The van der Waals surface area contributed by atoms with Crippen molar-refractivity contribution in [3.63, 3.8) is 0 Å². The van der Waals surface area contributed by atoms with Gasteiger partial charge in [-0.2, -0.15) is 0 Å². The number of carbonyl (C=O) groups is 2. The van der Waals surface area contributed by atoms with Gasteiger partial charge in [0, 0.05) is 11.1 Å². The molecule has 0 N–H and O–H groups in total. The van der Waals surface area contributed by atoms with E-state index in [4.69, 9.17) is 0 Å². The molecule has 0 bridgehead atoms. The second-order valence-electron chi connectivity index (χ2n) is 3.61. The van der Waals surface area contributed by atoms with Gasteiger partial charge in [-0.1, -0.05) is 0 Å². The zero-order valence-electron chi connectivity index (χ0n) is 7.22. The largest absolute Gasteiger partial charge is 0.294 e. The van der Waals surface area contributed by atoms with Crippen molar-refractivity contribution in [3.05, 3.63) is 11.1 Å². The van der Waals surface area contributed by atoms with Crippen LogP contribution in [0.3, 0.4) is 0 Å². The van der Waals surface area contributed by atoms with E-state index in [0.717, 1.165) is 36.8 Å². The standard InChI is InChI=1S/C10H12O2/c1-6-9(11)7-4-2-3-5-8(7)10(6)12/h6H,2-5H2,1H3. The number of allylic oxidation sites excluding steroid dienone is 2. The van der Waals surface area contributed by atoms with Crippen LogP contribution in [0, 0.1) is 5.92 Å². The van der Waals surface area contributed by atoms with Crippen LogP contribution in [-0.4, -0.2) is 11.6 Å². The summed E-state index contributed by atoms with van der Waals surface area (Å²) in [6.07, 6.45) is 3.82. The van der Waals surface area contributed by atoms with Gasteiger partial charge in [-0.05, 0) is 32.6 Å². The zero-order chi connectivity index (χ0) is 8.72. The summed E-state index contributed by atoms with van der Waals surface area (Å²) in [5, 5.41) is 0. The molecule has 0 aromatic rings. The first-order valence-corrected chi connectivity index (χ1v) is 4.52. The van der Waals surface area contributed by atoms with Crippen molar-refractivity contribution in [2.24, 2.45) is 5.92 Å². The highest BCUT2D eigenvalue weighted by atomic mass is 16.2. The lowest BCUT2D eigenvalue weighted by Crippen LogP contribution is -2.12. The van der Waals surface area contributed by atoms with Crippen LogP contribution < -0.4 is 0 Å². The third-order valence-corrected chi connectivity index (χ3v) is 2.85. The first-order chi connectivity index (χ1) is 5.72. The van der Waals surface area contributed by atoms with Crippen molar-refractivity contribution in [1.82, 2.24) is 0 Å². The number of carbonyl (C=O) groups excluding carboxylic acids is 2. The predicted molar refractivity (Wildman–Crippen MR) is 44.7 cm³/mol. The molecule has 2 heteroatoms. The lowest BCUT2D eigenvalue weighted by Gasteiger charge is -2.10. The molecule has 2 aliphatic rings. The van der Waals surface area contributed by atoms with E-state index >= 15 is 0 Å². The van der Waals surface area contributed by atoms with E-state index in [1.807, 2.05) is 0 Å². The molecule has 0 fully saturated rings. The summed E-state index contributed by atoms with van der Waals surface area (Å²) in [6, 6.07) is 0. The van der Waals surface area contributed by atoms with Crippen molar-refractivity contribution in [2.45, 2.75) is 32.6 Å². The molecular formula is C10H12O2. The SMILES string of the molecule is CC1C(=O)C2=C(CCCC2)C1=O. The van der Waals surface area contributed by atoms with Crippen molar-refractivity contribution in [2.75, 3.05) is 0 Å². The van der Waals surface area contributed by atoms with Crippen molar-refractivity contribution in [3.8, 4) is 0 Å². The Labute approximate surface area is 71.6 Å². The van der Waals surface area contributed by atoms with Gasteiger partial charge in [0.05, 0.1) is 5.92 Å². The van der Waals surface area contributed by atoms with Crippen LogP contribution in [0.1, 0.15) is 32.6 Å². The molecule has 0 saturated heterocycles. The molecule has 2 aliphatic carbocycles. The maximum Gasteiger partial charge on any atom is 0.169 e. The van der Waals surface area contributed by atoms with Crippen molar-refractivity contribution < 1.29 is 9.59 Å². The minimum atomic E-state index is -0.368. The van der Waals surface area contributed by atoms with Gasteiger partial charge in [-0.3, -0.25) is 9.59 Å². The molecule has 0 spiro atoms. The van der Waals surface area contributed by atoms with Crippen LogP contribution in [-0.2, 0) is 9.59 Å². The zero-order valence-corrected chi connectivity index (χ0v) is 7.22. The van der Waals surface area contributed by atoms with Crippen molar-refractivity contribution in [1.29, 1.82) is 0 Å². The Balaban J connectivity index is 2.41. The molecule has 2 nitrogen and oxygen atoms in total. The summed E-state index contributed by atoms with van der Waals surface area (Å²) in [5.41, 5.74) is 1.69. The number of Topliss-reactive ketones (excluding diaryl/α,β-unsaturated/α-hetero) is 2. The molecule has 12 heavy (non-hydrogen) atoms. The molecule has 0 heterocycles. The Morgan fingerprint density at radius 1 is 1.00 bits per heavy atom. The molecule has 0 radical (unpaired) electrons. The maximum atomic E-state index is 11.5. The van der Waals surface area contributed by atoms with E-state index in [1.54, 1.807) is 6.92 Å². The van der Waals surface area contributed by atoms with Crippen LogP contribution in [0.5, 0.6) is 0 Å². The van der Waals surface area contributed by atoms with Gasteiger partial charge >= 0.3 is 0 Å². The molecule has 0 atom stereocenters. The van der Waals surface area contributed by atoms with E-state index in [9.17, 15) is 9.59 Å². The average molecular weight is 164 g/mol. The average Bonchev–Trinajstić information content (AvgIpc) is 2.33. The maximum absolute atomic E-state index is 11.5. The fourth-order valence-corrected chi connectivity index (χ4v) is 2.09. The number of rotatable bonds is 0. The minimum absolute atomic E-state index is 0.0923. The second-order valence-corrected chi connectivity index (χ2v) is 3.61. The van der Waals surface area contributed by atoms with E-state index in [-0.39, 0.29) is 17.5 Å². The Morgan fingerprint density at radius 2 is 1.42 bits per heavy atom. The summed E-state index contributed by atoms with van der Waals surface area (Å²) in [4.78, 5) is 22.9. The fraction of sp³-hybridized carbons (Fsp3) is 0.600. The Bertz CT molecular complexity index is 258. The van der Waals surface area contributed by atoms with Crippen LogP contribution in [0.15, 0.2) is 11.1 Å². The first kappa shape index (κ1) is 7.71. The first-order valence-electron chi connectivity index (χ1n) is 4.52. The number of ketones is 2. The highest BCUT2D eigenvalue weighted by molar-refractivity contribution is 6.24. The van der Waals surface area contributed by atoms with E-state index in [0.29, 0.717) is 0 Å². The Hall–Kier alpha value is -0.920. The predicted octanol–water partition coefficient (Wildman–Crippen LogP) is 1.64. The second kappa shape index (κ2) is 2.54. The number of hydrogen-bond acceptors (Lipinski definition) is 2. The highest BCUT2D eigenvalue weighted by Gasteiger charge is 2.37. The molecule has 0 aromatic heterocycles. The molecule has 0 aliphatic heterocycles. The van der Waals surface area contributed by atoms with Gasteiger partial charge in [0.15, 0.2) is 11.6 Å². The van der Waals surface area contributed by atoms with Crippen LogP contribution >= 0.6 is 0 Å². The normalized spacial score (nSPS) is 25.1. The molecule has 0 amide bonds. The lowest BCUT2D eigenvalue weighted by molar-refractivity contribution is -0.125. The summed E-state index contributed by atoms with van der Waals surface area (Å²) in [6.45, 7) is 1.73. The number of hydrogen-bond donors (Lipinski definition) is 0. The Morgan fingerprint density at radius 3 is 1.83 bits per heavy atom. The van der Waals surface area contributed by atoms with Gasteiger partial charge in [0.25, 0.3) is 0 Å². The molecule has 0 unspecified atom stereocenters. The van der Waals surface area contributed by atoms with Crippen LogP contribution in [0.25, 0.3) is 0 Å². The molecule has 0 saturated carbocycles. The Kier molecular flexibility index (Phi) is 1.63. The summed E-state index contributed by atoms with van der Waals surface area (Å²) >= 11 is 0. The lowest BCUT2D eigenvalue weighted by atomic mass is 9.93. The highest BCUT2D eigenvalue weighted by Crippen LogP contribution is 2.35. The van der Waals surface area contributed by atoms with Gasteiger partial charge in [-0.25, -0.2) is 0 Å². The van der Waals surface area contributed by atoms with E-state index < -0.39 is 0 Å². The molecule has 2 rings (SSSR count). The van der Waals surface area contributed by atoms with Gasteiger partial charge in [-0.15, -0.1) is 0 Å². The minimum Gasteiger partial charge on any atom is -0.294 e. The van der Waals surface area contributed by atoms with E-state index in [2.05, 4.69) is 0 Å². The summed E-state index contributed by atoms with van der Waals surface area (Å²) in [5.74, 6) is -0.183. The van der Waals surface area contributed by atoms with Gasteiger partial charge in [0.2, 0.25) is 0 Å². The van der Waals surface area contributed by atoms with E-state index in [1.165, 1.54) is 0 Å². The molecule has 64 valence electrons. The van der Waals surface area contributed by atoms with Gasteiger partial charge in [0.1, 0.15) is 0 Å². The molecular weight excluding hydrogens is 152 g/mol. The van der Waals surface area contributed by atoms with Crippen LogP contribution in [0.4, 0.5) is 0 Å².